The summed E-state index contributed by atoms with van der Waals surface area (Å²) in [6.07, 6.45) is 2.39. The molecular formula is C26H37N3O5S. The first kappa shape index (κ1) is 28.2. The summed E-state index contributed by atoms with van der Waals surface area (Å²) >= 11 is 0. The van der Waals surface area contributed by atoms with Crippen LogP contribution in [0.5, 0.6) is 5.75 Å². The van der Waals surface area contributed by atoms with Crippen molar-refractivity contribution in [1.82, 2.24) is 10.2 Å². The summed E-state index contributed by atoms with van der Waals surface area (Å²) in [6.45, 7) is 6.57. The number of benzene rings is 2. The Bertz CT molecular complexity index is 1070. The summed E-state index contributed by atoms with van der Waals surface area (Å²) in [5.41, 5.74) is 2.46. The Hall–Kier alpha value is -3.07. The van der Waals surface area contributed by atoms with Crippen LogP contribution in [0.2, 0.25) is 0 Å². The fourth-order valence-corrected chi connectivity index (χ4v) is 4.59. The van der Waals surface area contributed by atoms with Crippen LogP contribution in [0.3, 0.4) is 0 Å². The minimum Gasteiger partial charge on any atom is -0.497 e. The number of hydrogen-bond acceptors (Lipinski definition) is 5. The number of amides is 2. The van der Waals surface area contributed by atoms with Crippen molar-refractivity contribution in [1.29, 1.82) is 0 Å². The Kier molecular flexibility index (Phi) is 10.6. The van der Waals surface area contributed by atoms with Crippen LogP contribution >= 0.6 is 0 Å². The maximum absolute atomic E-state index is 13.3. The summed E-state index contributed by atoms with van der Waals surface area (Å²) in [4.78, 5) is 27.5. The van der Waals surface area contributed by atoms with E-state index in [1.165, 1.54) is 4.31 Å². The van der Waals surface area contributed by atoms with Crippen LogP contribution < -0.4 is 14.4 Å². The fourth-order valence-electron chi connectivity index (χ4n) is 3.62. The molecule has 0 bridgehead atoms. The highest BCUT2D eigenvalue weighted by Crippen LogP contribution is 2.20. The third kappa shape index (κ3) is 8.58. The molecule has 2 amide bonds. The number of carbonyl (C=O) groups is 2. The maximum Gasteiger partial charge on any atom is 0.242 e. The molecule has 2 aromatic rings. The number of nitrogens with zero attached hydrogens (tertiary/aromatic N) is 2. The molecule has 9 heteroatoms. The summed E-state index contributed by atoms with van der Waals surface area (Å²) in [5.74, 6) is 0.279. The zero-order chi connectivity index (χ0) is 26.0. The molecule has 2 rings (SSSR count). The van der Waals surface area contributed by atoms with Crippen LogP contribution in [0.15, 0.2) is 48.5 Å². The van der Waals surface area contributed by atoms with Gasteiger partial charge in [-0.05, 0) is 56.5 Å². The SMILES string of the molecule is CCCNC(=O)[C@@H](C)N(Cc1ccc(OC)cc1)C(=O)CCCN(c1ccc(C)cc1)S(C)(=O)=O. The van der Waals surface area contributed by atoms with Gasteiger partial charge in [0.15, 0.2) is 0 Å². The van der Waals surface area contributed by atoms with E-state index >= 15 is 0 Å². The molecular weight excluding hydrogens is 466 g/mol. The van der Waals surface area contributed by atoms with E-state index in [2.05, 4.69) is 5.32 Å². The predicted molar refractivity (Wildman–Crippen MR) is 139 cm³/mol. The molecule has 35 heavy (non-hydrogen) atoms. The van der Waals surface area contributed by atoms with Crippen molar-refractivity contribution in [2.24, 2.45) is 0 Å². The second-order valence-electron chi connectivity index (χ2n) is 8.61. The molecule has 1 atom stereocenters. The first-order valence-corrected chi connectivity index (χ1v) is 13.7. The van der Waals surface area contributed by atoms with Gasteiger partial charge in [-0.3, -0.25) is 13.9 Å². The van der Waals surface area contributed by atoms with E-state index in [9.17, 15) is 18.0 Å². The number of sulfonamides is 1. The molecule has 0 unspecified atom stereocenters. The zero-order valence-corrected chi connectivity index (χ0v) is 22.1. The van der Waals surface area contributed by atoms with E-state index in [0.29, 0.717) is 24.4 Å². The van der Waals surface area contributed by atoms with E-state index in [-0.39, 0.29) is 31.3 Å². The van der Waals surface area contributed by atoms with Gasteiger partial charge in [-0.25, -0.2) is 8.42 Å². The molecule has 192 valence electrons. The van der Waals surface area contributed by atoms with Crippen molar-refractivity contribution in [3.05, 3.63) is 59.7 Å². The molecule has 0 fully saturated rings. The Morgan fingerprint density at radius 3 is 2.23 bits per heavy atom. The summed E-state index contributed by atoms with van der Waals surface area (Å²) < 4.78 is 31.3. The molecule has 0 aliphatic rings. The smallest absolute Gasteiger partial charge is 0.242 e. The Labute approximate surface area is 209 Å². The largest absolute Gasteiger partial charge is 0.497 e. The highest BCUT2D eigenvalue weighted by molar-refractivity contribution is 7.92. The molecule has 0 aliphatic carbocycles. The number of carbonyl (C=O) groups excluding carboxylic acids is 2. The van der Waals surface area contributed by atoms with Crippen molar-refractivity contribution in [2.75, 3.05) is 30.8 Å². The third-order valence-corrected chi connectivity index (χ3v) is 6.90. The molecule has 0 aromatic heterocycles. The minimum atomic E-state index is -3.51. The van der Waals surface area contributed by atoms with Crippen molar-refractivity contribution >= 4 is 27.5 Å². The van der Waals surface area contributed by atoms with Crippen LogP contribution in [0, 0.1) is 6.92 Å². The van der Waals surface area contributed by atoms with Crippen molar-refractivity contribution in [3.63, 3.8) is 0 Å². The monoisotopic (exact) mass is 503 g/mol. The topological polar surface area (TPSA) is 96.0 Å². The van der Waals surface area contributed by atoms with Crippen LogP contribution in [0.25, 0.3) is 0 Å². The van der Waals surface area contributed by atoms with Crippen molar-refractivity contribution in [2.45, 2.75) is 52.6 Å². The number of hydrogen-bond donors (Lipinski definition) is 1. The fraction of sp³-hybridized carbons (Fsp3) is 0.462. The molecule has 8 nitrogen and oxygen atoms in total. The Morgan fingerprint density at radius 1 is 1.06 bits per heavy atom. The van der Waals surface area contributed by atoms with E-state index in [1.54, 1.807) is 31.1 Å². The van der Waals surface area contributed by atoms with Crippen LogP contribution in [0.4, 0.5) is 5.69 Å². The zero-order valence-electron chi connectivity index (χ0n) is 21.3. The molecule has 0 saturated heterocycles. The van der Waals surface area contributed by atoms with Gasteiger partial charge in [-0.15, -0.1) is 0 Å². The minimum absolute atomic E-state index is 0.111. The normalized spacial score (nSPS) is 12.0. The predicted octanol–water partition coefficient (Wildman–Crippen LogP) is 3.49. The molecule has 0 spiro atoms. The summed E-state index contributed by atoms with van der Waals surface area (Å²) in [5, 5.41) is 2.85. The molecule has 0 radical (unpaired) electrons. The first-order chi connectivity index (χ1) is 16.6. The van der Waals surface area contributed by atoms with E-state index in [1.807, 2.05) is 50.2 Å². The van der Waals surface area contributed by atoms with Gasteiger partial charge < -0.3 is 15.0 Å². The van der Waals surface area contributed by atoms with Crippen LogP contribution in [-0.4, -0.2) is 57.6 Å². The number of methoxy groups -OCH3 is 1. The lowest BCUT2D eigenvalue weighted by atomic mass is 10.1. The second kappa shape index (κ2) is 13.1. The van der Waals surface area contributed by atoms with Gasteiger partial charge in [0.05, 0.1) is 19.1 Å². The van der Waals surface area contributed by atoms with E-state index in [4.69, 9.17) is 4.74 Å². The van der Waals surface area contributed by atoms with Gasteiger partial charge in [0.1, 0.15) is 11.8 Å². The Morgan fingerprint density at radius 2 is 1.69 bits per heavy atom. The highest BCUT2D eigenvalue weighted by atomic mass is 32.2. The lowest BCUT2D eigenvalue weighted by Gasteiger charge is -2.29. The molecule has 0 aliphatic heterocycles. The maximum atomic E-state index is 13.3. The molecule has 2 aromatic carbocycles. The second-order valence-corrected chi connectivity index (χ2v) is 10.5. The van der Waals surface area contributed by atoms with Gasteiger partial charge in [0.25, 0.3) is 0 Å². The number of ether oxygens (including phenoxy) is 1. The van der Waals surface area contributed by atoms with Gasteiger partial charge in [-0.2, -0.15) is 0 Å². The van der Waals surface area contributed by atoms with Gasteiger partial charge in [0, 0.05) is 26.1 Å². The Balaban J connectivity index is 2.14. The standard InChI is InChI=1S/C26H37N3O5S/c1-6-17-27-26(31)21(3)28(19-22-11-15-24(34-4)16-12-22)25(30)8-7-18-29(35(5,32)33)23-13-9-20(2)10-14-23/h9-16,21H,6-8,17-19H2,1-5H3,(H,27,31)/t21-/m1/s1. The highest BCUT2D eigenvalue weighted by Gasteiger charge is 2.26. The summed E-state index contributed by atoms with van der Waals surface area (Å²) in [6, 6.07) is 13.9. The van der Waals surface area contributed by atoms with Crippen LogP contribution in [0.1, 0.15) is 44.2 Å². The van der Waals surface area contributed by atoms with Gasteiger partial charge >= 0.3 is 0 Å². The quantitative estimate of drug-likeness (QED) is 0.451. The number of anilines is 1. The van der Waals surface area contributed by atoms with Gasteiger partial charge in [0.2, 0.25) is 21.8 Å². The van der Waals surface area contributed by atoms with E-state index in [0.717, 1.165) is 23.8 Å². The van der Waals surface area contributed by atoms with Gasteiger partial charge in [-0.1, -0.05) is 36.8 Å². The lowest BCUT2D eigenvalue weighted by molar-refractivity contribution is -0.140. The van der Waals surface area contributed by atoms with Crippen molar-refractivity contribution in [3.8, 4) is 5.75 Å². The van der Waals surface area contributed by atoms with Crippen molar-refractivity contribution < 1.29 is 22.7 Å². The number of aryl methyl sites for hydroxylation is 1. The third-order valence-electron chi connectivity index (χ3n) is 5.70. The molecule has 1 N–H and O–H groups in total. The first-order valence-electron chi connectivity index (χ1n) is 11.8. The average Bonchev–Trinajstić information content (AvgIpc) is 2.83. The van der Waals surface area contributed by atoms with Crippen LogP contribution in [-0.2, 0) is 26.2 Å². The summed E-state index contributed by atoms with van der Waals surface area (Å²) in [7, 11) is -1.93. The van der Waals surface area contributed by atoms with E-state index < -0.39 is 16.1 Å². The number of rotatable bonds is 13. The molecule has 0 heterocycles. The number of nitrogens with one attached hydrogen (secondary N) is 1. The molecule has 0 saturated carbocycles. The average molecular weight is 504 g/mol. The lowest BCUT2D eigenvalue weighted by Crippen LogP contribution is -2.47.